The SMILES string of the molecule is CC(O)c1ccc(Oc2ccc(F)cc2Br)c(Cl)c1. The van der Waals surface area contributed by atoms with Gasteiger partial charge in [0.05, 0.1) is 15.6 Å². The van der Waals surface area contributed by atoms with E-state index >= 15 is 0 Å². The number of hydrogen-bond acceptors (Lipinski definition) is 2. The molecule has 0 bridgehead atoms. The second-order valence-electron chi connectivity index (χ2n) is 4.04. The minimum atomic E-state index is -0.593. The molecule has 0 aliphatic rings. The van der Waals surface area contributed by atoms with Gasteiger partial charge in [0.25, 0.3) is 0 Å². The zero-order valence-electron chi connectivity index (χ0n) is 10.0. The largest absolute Gasteiger partial charge is 0.455 e. The molecule has 1 atom stereocenters. The van der Waals surface area contributed by atoms with Crippen LogP contribution in [0.2, 0.25) is 5.02 Å². The Labute approximate surface area is 123 Å². The summed E-state index contributed by atoms with van der Waals surface area (Å²) in [5.41, 5.74) is 0.704. The van der Waals surface area contributed by atoms with E-state index in [4.69, 9.17) is 16.3 Å². The smallest absolute Gasteiger partial charge is 0.146 e. The van der Waals surface area contributed by atoms with Gasteiger partial charge in [0.1, 0.15) is 17.3 Å². The highest BCUT2D eigenvalue weighted by Crippen LogP contribution is 2.35. The Kier molecular flexibility index (Phi) is 4.45. The van der Waals surface area contributed by atoms with Gasteiger partial charge in [0, 0.05) is 0 Å². The van der Waals surface area contributed by atoms with Crippen molar-refractivity contribution < 1.29 is 14.2 Å². The van der Waals surface area contributed by atoms with Crippen LogP contribution in [0.4, 0.5) is 4.39 Å². The molecule has 2 rings (SSSR count). The standard InChI is InChI=1S/C14H11BrClFO2/c1-8(18)9-2-4-14(12(16)6-9)19-13-5-3-10(17)7-11(13)15/h2-8,18H,1H3. The molecular formula is C14H11BrClFO2. The van der Waals surface area contributed by atoms with Gasteiger partial charge in [-0.25, -0.2) is 4.39 Å². The molecule has 5 heteroatoms. The van der Waals surface area contributed by atoms with Gasteiger partial charge in [-0.3, -0.25) is 0 Å². The van der Waals surface area contributed by atoms with Crippen LogP contribution in [0.5, 0.6) is 11.5 Å². The van der Waals surface area contributed by atoms with E-state index in [-0.39, 0.29) is 5.82 Å². The molecular weight excluding hydrogens is 335 g/mol. The Morgan fingerprint density at radius 3 is 2.47 bits per heavy atom. The van der Waals surface area contributed by atoms with E-state index in [1.54, 1.807) is 25.1 Å². The van der Waals surface area contributed by atoms with E-state index in [1.807, 2.05) is 0 Å². The van der Waals surface area contributed by atoms with Gasteiger partial charge in [-0.1, -0.05) is 17.7 Å². The van der Waals surface area contributed by atoms with E-state index in [0.717, 1.165) is 0 Å². The number of aliphatic hydroxyl groups excluding tert-OH is 1. The fourth-order valence-corrected chi connectivity index (χ4v) is 2.20. The predicted molar refractivity (Wildman–Crippen MR) is 76.3 cm³/mol. The van der Waals surface area contributed by atoms with Crippen molar-refractivity contribution in [2.75, 3.05) is 0 Å². The van der Waals surface area contributed by atoms with Crippen LogP contribution in [-0.2, 0) is 0 Å². The quantitative estimate of drug-likeness (QED) is 0.840. The summed E-state index contributed by atoms with van der Waals surface area (Å²) in [6.07, 6.45) is -0.593. The lowest BCUT2D eigenvalue weighted by atomic mass is 10.1. The third-order valence-electron chi connectivity index (χ3n) is 2.55. The van der Waals surface area contributed by atoms with Crippen LogP contribution in [0, 0.1) is 5.82 Å². The summed E-state index contributed by atoms with van der Waals surface area (Å²) in [7, 11) is 0. The van der Waals surface area contributed by atoms with E-state index in [2.05, 4.69) is 15.9 Å². The minimum absolute atomic E-state index is 0.352. The van der Waals surface area contributed by atoms with Crippen LogP contribution >= 0.6 is 27.5 Å². The van der Waals surface area contributed by atoms with Crippen molar-refractivity contribution in [3.8, 4) is 11.5 Å². The Balaban J connectivity index is 2.28. The lowest BCUT2D eigenvalue weighted by Crippen LogP contribution is -1.92. The number of aliphatic hydroxyl groups is 1. The highest BCUT2D eigenvalue weighted by atomic mass is 79.9. The molecule has 1 N–H and O–H groups in total. The second-order valence-corrected chi connectivity index (χ2v) is 5.30. The van der Waals surface area contributed by atoms with Crippen molar-refractivity contribution in [1.82, 2.24) is 0 Å². The van der Waals surface area contributed by atoms with E-state index < -0.39 is 6.10 Å². The lowest BCUT2D eigenvalue weighted by Gasteiger charge is -2.11. The fourth-order valence-electron chi connectivity index (χ4n) is 1.54. The molecule has 0 aliphatic heterocycles. The Hall–Kier alpha value is -1.10. The number of rotatable bonds is 3. The molecule has 0 saturated heterocycles. The summed E-state index contributed by atoms with van der Waals surface area (Å²) in [4.78, 5) is 0. The molecule has 0 heterocycles. The number of benzene rings is 2. The first-order chi connectivity index (χ1) is 8.97. The van der Waals surface area contributed by atoms with Crippen molar-refractivity contribution in [3.05, 3.63) is 57.3 Å². The van der Waals surface area contributed by atoms with Gasteiger partial charge in [-0.2, -0.15) is 0 Å². The summed E-state index contributed by atoms with van der Waals surface area (Å²) in [5.74, 6) is 0.557. The third kappa shape index (κ3) is 3.47. The average Bonchev–Trinajstić information content (AvgIpc) is 2.34. The molecule has 2 aromatic carbocycles. The maximum Gasteiger partial charge on any atom is 0.146 e. The van der Waals surface area contributed by atoms with Gasteiger partial charge in [-0.15, -0.1) is 0 Å². The lowest BCUT2D eigenvalue weighted by molar-refractivity contribution is 0.199. The van der Waals surface area contributed by atoms with Crippen molar-refractivity contribution in [2.45, 2.75) is 13.0 Å². The molecule has 19 heavy (non-hydrogen) atoms. The molecule has 0 radical (unpaired) electrons. The molecule has 0 spiro atoms. The van der Waals surface area contributed by atoms with Crippen LogP contribution in [0.1, 0.15) is 18.6 Å². The maximum atomic E-state index is 13.0. The van der Waals surface area contributed by atoms with Crippen LogP contribution in [0.15, 0.2) is 40.9 Å². The van der Waals surface area contributed by atoms with Crippen LogP contribution in [-0.4, -0.2) is 5.11 Å². The Bertz CT molecular complexity index is 602. The summed E-state index contributed by atoms with van der Waals surface area (Å²) < 4.78 is 19.1. The molecule has 2 nitrogen and oxygen atoms in total. The van der Waals surface area contributed by atoms with Gasteiger partial charge >= 0.3 is 0 Å². The first kappa shape index (κ1) is 14.3. The number of halogens is 3. The predicted octanol–water partition coefficient (Wildman–Crippen LogP) is 5.09. The average molecular weight is 346 g/mol. The normalized spacial score (nSPS) is 12.3. The second kappa shape index (κ2) is 5.90. The molecule has 0 fully saturated rings. The molecule has 1 unspecified atom stereocenters. The highest BCUT2D eigenvalue weighted by molar-refractivity contribution is 9.10. The molecule has 0 saturated carbocycles. The van der Waals surface area contributed by atoms with Gasteiger partial charge in [-0.05, 0) is 58.7 Å². The van der Waals surface area contributed by atoms with E-state index in [1.165, 1.54) is 18.2 Å². The van der Waals surface area contributed by atoms with Crippen molar-refractivity contribution in [3.63, 3.8) is 0 Å². The Morgan fingerprint density at radius 1 is 1.21 bits per heavy atom. The van der Waals surface area contributed by atoms with Crippen LogP contribution < -0.4 is 4.74 Å². The number of hydrogen-bond donors (Lipinski definition) is 1. The highest BCUT2D eigenvalue weighted by Gasteiger charge is 2.09. The topological polar surface area (TPSA) is 29.5 Å². The Morgan fingerprint density at radius 2 is 1.89 bits per heavy atom. The van der Waals surface area contributed by atoms with Crippen molar-refractivity contribution >= 4 is 27.5 Å². The van der Waals surface area contributed by atoms with E-state index in [9.17, 15) is 9.50 Å². The van der Waals surface area contributed by atoms with Gasteiger partial charge in [0.2, 0.25) is 0 Å². The first-order valence-corrected chi connectivity index (χ1v) is 6.75. The maximum absolute atomic E-state index is 13.0. The fraction of sp³-hybridized carbons (Fsp3) is 0.143. The zero-order chi connectivity index (χ0) is 14.0. The van der Waals surface area contributed by atoms with Gasteiger partial charge < -0.3 is 9.84 Å². The summed E-state index contributed by atoms with van der Waals surface area (Å²) in [6, 6.07) is 9.16. The monoisotopic (exact) mass is 344 g/mol. The minimum Gasteiger partial charge on any atom is -0.455 e. The molecule has 0 amide bonds. The molecule has 0 aromatic heterocycles. The van der Waals surface area contributed by atoms with Gasteiger partial charge in [0.15, 0.2) is 0 Å². The van der Waals surface area contributed by atoms with Crippen molar-refractivity contribution in [1.29, 1.82) is 0 Å². The first-order valence-electron chi connectivity index (χ1n) is 5.58. The van der Waals surface area contributed by atoms with Crippen molar-refractivity contribution in [2.24, 2.45) is 0 Å². The summed E-state index contributed by atoms with van der Waals surface area (Å²) in [5, 5.41) is 9.84. The van der Waals surface area contributed by atoms with Crippen LogP contribution in [0.3, 0.4) is 0 Å². The summed E-state index contributed by atoms with van der Waals surface area (Å²) >= 11 is 9.30. The van der Waals surface area contributed by atoms with Crippen LogP contribution in [0.25, 0.3) is 0 Å². The zero-order valence-corrected chi connectivity index (χ0v) is 12.4. The number of ether oxygens (including phenoxy) is 1. The van der Waals surface area contributed by atoms with E-state index in [0.29, 0.717) is 26.6 Å². The molecule has 100 valence electrons. The molecule has 2 aromatic rings. The third-order valence-corrected chi connectivity index (χ3v) is 3.47. The summed E-state index contributed by atoms with van der Waals surface area (Å²) in [6.45, 7) is 1.66. The molecule has 0 aliphatic carbocycles.